The van der Waals surface area contributed by atoms with Gasteiger partial charge in [0.2, 0.25) is 5.91 Å². The summed E-state index contributed by atoms with van der Waals surface area (Å²) in [7, 11) is 0. The van der Waals surface area contributed by atoms with Crippen molar-refractivity contribution in [2.45, 2.75) is 6.54 Å². The van der Waals surface area contributed by atoms with Crippen LogP contribution < -0.4 is 5.73 Å². The van der Waals surface area contributed by atoms with Gasteiger partial charge in [0, 0.05) is 6.54 Å². The fourth-order valence-corrected chi connectivity index (χ4v) is 1.52. The zero-order chi connectivity index (χ0) is 13.5. The molecule has 0 bridgehead atoms. The highest BCUT2D eigenvalue weighted by Crippen LogP contribution is 2.06. The maximum Gasteiger partial charge on any atom is 0.317 e. The van der Waals surface area contributed by atoms with Crippen molar-refractivity contribution >= 4 is 11.9 Å². The maximum absolute atomic E-state index is 10.8. The topological polar surface area (TPSA) is 107 Å². The zero-order valence-electron chi connectivity index (χ0n) is 9.67. The van der Waals surface area contributed by atoms with Crippen LogP contribution in [0.2, 0.25) is 0 Å². The van der Waals surface area contributed by atoms with Gasteiger partial charge >= 0.3 is 5.97 Å². The Morgan fingerprint density at radius 1 is 1.28 bits per heavy atom. The Balaban J connectivity index is 2.72. The first-order valence-corrected chi connectivity index (χ1v) is 5.22. The van der Waals surface area contributed by atoms with Crippen LogP contribution in [0.25, 0.3) is 0 Å². The third kappa shape index (κ3) is 4.63. The Kier molecular flexibility index (Phi) is 4.84. The standard InChI is InChI=1S/C12H13N3O3/c13-5-9-1-3-10(4-2-9)6-15(7-11(14)16)8-12(17)18/h1-4H,6-8H2,(H2,14,16)(H,17,18). The summed E-state index contributed by atoms with van der Waals surface area (Å²) in [6.45, 7) is -0.0871. The van der Waals surface area contributed by atoms with Gasteiger partial charge in [-0.25, -0.2) is 0 Å². The summed E-state index contributed by atoms with van der Waals surface area (Å²) in [5.74, 6) is -1.60. The molecule has 0 spiro atoms. The Morgan fingerprint density at radius 3 is 2.33 bits per heavy atom. The second-order valence-corrected chi connectivity index (χ2v) is 3.81. The number of amides is 1. The Labute approximate surface area is 104 Å². The number of primary amides is 1. The molecule has 0 heterocycles. The number of nitrogens with zero attached hydrogens (tertiary/aromatic N) is 2. The quantitative estimate of drug-likeness (QED) is 0.731. The smallest absolute Gasteiger partial charge is 0.317 e. The third-order valence-corrected chi connectivity index (χ3v) is 2.23. The summed E-state index contributed by atoms with van der Waals surface area (Å²) in [5, 5.41) is 17.4. The molecule has 0 aliphatic rings. The molecule has 94 valence electrons. The van der Waals surface area contributed by atoms with Gasteiger partial charge in [-0.15, -0.1) is 0 Å². The molecule has 1 amide bonds. The summed E-state index contributed by atoms with van der Waals surface area (Å²) < 4.78 is 0. The first-order valence-electron chi connectivity index (χ1n) is 5.22. The van der Waals surface area contributed by atoms with Gasteiger partial charge in [-0.1, -0.05) is 12.1 Å². The molecular formula is C12H13N3O3. The number of nitrogens with two attached hydrogens (primary N) is 1. The molecule has 0 saturated carbocycles. The van der Waals surface area contributed by atoms with Gasteiger partial charge in [-0.2, -0.15) is 5.26 Å². The van der Waals surface area contributed by atoms with Crippen molar-refractivity contribution in [3.8, 4) is 6.07 Å². The number of nitriles is 1. The maximum atomic E-state index is 10.8. The summed E-state index contributed by atoms with van der Waals surface area (Å²) in [6, 6.07) is 8.70. The molecular weight excluding hydrogens is 234 g/mol. The summed E-state index contributed by atoms with van der Waals surface area (Å²) in [6.07, 6.45) is 0. The van der Waals surface area contributed by atoms with Crippen molar-refractivity contribution in [2.75, 3.05) is 13.1 Å². The van der Waals surface area contributed by atoms with Crippen LogP contribution in [0.15, 0.2) is 24.3 Å². The number of rotatable bonds is 6. The predicted octanol–water partition coefficient (Wildman–Crippen LogP) is -0.0698. The largest absolute Gasteiger partial charge is 0.480 e. The van der Waals surface area contributed by atoms with E-state index in [-0.39, 0.29) is 13.1 Å². The first kappa shape index (κ1) is 13.7. The lowest BCUT2D eigenvalue weighted by Gasteiger charge is -2.18. The zero-order valence-corrected chi connectivity index (χ0v) is 9.67. The summed E-state index contributed by atoms with van der Waals surface area (Å²) in [5.41, 5.74) is 6.39. The minimum Gasteiger partial charge on any atom is -0.480 e. The molecule has 0 atom stereocenters. The van der Waals surface area contributed by atoms with Crippen molar-refractivity contribution in [1.82, 2.24) is 4.90 Å². The highest BCUT2D eigenvalue weighted by Gasteiger charge is 2.12. The van der Waals surface area contributed by atoms with Crippen LogP contribution in [0.4, 0.5) is 0 Å². The number of hydrogen-bond acceptors (Lipinski definition) is 4. The lowest BCUT2D eigenvalue weighted by Crippen LogP contribution is -2.36. The van der Waals surface area contributed by atoms with Gasteiger partial charge in [0.05, 0.1) is 24.7 Å². The van der Waals surface area contributed by atoms with Crippen molar-refractivity contribution in [3.63, 3.8) is 0 Å². The molecule has 3 N–H and O–H groups in total. The Hall–Kier alpha value is -2.39. The molecule has 0 aliphatic carbocycles. The van der Waals surface area contributed by atoms with Crippen molar-refractivity contribution in [3.05, 3.63) is 35.4 Å². The third-order valence-electron chi connectivity index (χ3n) is 2.23. The molecule has 0 saturated heterocycles. The average Bonchev–Trinajstić information content (AvgIpc) is 2.28. The van der Waals surface area contributed by atoms with E-state index < -0.39 is 11.9 Å². The number of benzene rings is 1. The first-order chi connectivity index (χ1) is 8.51. The van der Waals surface area contributed by atoms with Crippen molar-refractivity contribution in [1.29, 1.82) is 5.26 Å². The van der Waals surface area contributed by atoms with Crippen molar-refractivity contribution in [2.24, 2.45) is 5.73 Å². The molecule has 6 nitrogen and oxygen atoms in total. The monoisotopic (exact) mass is 247 g/mol. The Morgan fingerprint density at radius 2 is 1.89 bits per heavy atom. The summed E-state index contributed by atoms with van der Waals surface area (Å²) in [4.78, 5) is 22.9. The minimum atomic E-state index is -1.02. The van der Waals surface area contributed by atoms with Gasteiger partial charge < -0.3 is 10.8 Å². The number of hydrogen-bond donors (Lipinski definition) is 2. The van der Waals surface area contributed by atoms with Crippen LogP contribution in [-0.2, 0) is 16.1 Å². The van der Waals surface area contributed by atoms with E-state index in [2.05, 4.69) is 0 Å². The minimum absolute atomic E-state index is 0.119. The lowest BCUT2D eigenvalue weighted by molar-refractivity contribution is -0.138. The average molecular weight is 247 g/mol. The molecule has 0 aliphatic heterocycles. The van der Waals surface area contributed by atoms with E-state index in [4.69, 9.17) is 16.1 Å². The van der Waals surface area contributed by atoms with E-state index in [9.17, 15) is 9.59 Å². The van der Waals surface area contributed by atoms with Crippen LogP contribution in [0.3, 0.4) is 0 Å². The van der Waals surface area contributed by atoms with Gasteiger partial charge in [0.1, 0.15) is 0 Å². The number of aliphatic carboxylic acids is 1. The molecule has 1 aromatic carbocycles. The highest BCUT2D eigenvalue weighted by molar-refractivity contribution is 5.77. The fourth-order valence-electron chi connectivity index (χ4n) is 1.52. The normalized spacial score (nSPS) is 10.0. The molecule has 1 aromatic rings. The predicted molar refractivity (Wildman–Crippen MR) is 63.3 cm³/mol. The second-order valence-electron chi connectivity index (χ2n) is 3.81. The van der Waals surface area contributed by atoms with Crippen LogP contribution in [0, 0.1) is 11.3 Å². The molecule has 0 fully saturated rings. The number of carbonyl (C=O) groups is 2. The van der Waals surface area contributed by atoms with Crippen LogP contribution in [0.1, 0.15) is 11.1 Å². The summed E-state index contributed by atoms with van der Waals surface area (Å²) >= 11 is 0. The molecule has 18 heavy (non-hydrogen) atoms. The van der Waals surface area contributed by atoms with E-state index in [1.165, 1.54) is 4.90 Å². The molecule has 1 rings (SSSR count). The Bertz CT molecular complexity index is 460. The SMILES string of the molecule is N#Cc1ccc(CN(CC(N)=O)CC(=O)O)cc1. The number of carboxylic acid groups (broad SMARTS) is 1. The van der Waals surface area contributed by atoms with E-state index in [1.807, 2.05) is 6.07 Å². The lowest BCUT2D eigenvalue weighted by atomic mass is 10.1. The molecule has 0 unspecified atom stereocenters. The van der Waals surface area contributed by atoms with Gasteiger partial charge in [-0.3, -0.25) is 14.5 Å². The number of carboxylic acids is 1. The highest BCUT2D eigenvalue weighted by atomic mass is 16.4. The van der Waals surface area contributed by atoms with Crippen molar-refractivity contribution < 1.29 is 14.7 Å². The van der Waals surface area contributed by atoms with Crippen LogP contribution in [-0.4, -0.2) is 35.0 Å². The van der Waals surface area contributed by atoms with E-state index in [0.29, 0.717) is 12.1 Å². The fraction of sp³-hybridized carbons (Fsp3) is 0.250. The van der Waals surface area contributed by atoms with E-state index in [1.54, 1.807) is 24.3 Å². The molecule has 0 radical (unpaired) electrons. The molecule has 6 heteroatoms. The van der Waals surface area contributed by atoms with E-state index in [0.717, 1.165) is 5.56 Å². The van der Waals surface area contributed by atoms with E-state index >= 15 is 0 Å². The molecule has 0 aromatic heterocycles. The van der Waals surface area contributed by atoms with Gasteiger partial charge in [-0.05, 0) is 17.7 Å². The second kappa shape index (κ2) is 6.37. The van der Waals surface area contributed by atoms with Gasteiger partial charge in [0.15, 0.2) is 0 Å². The van der Waals surface area contributed by atoms with Gasteiger partial charge in [0.25, 0.3) is 0 Å². The number of carbonyl (C=O) groups excluding carboxylic acids is 1. The van der Waals surface area contributed by atoms with Crippen LogP contribution in [0.5, 0.6) is 0 Å². The van der Waals surface area contributed by atoms with Crippen LogP contribution >= 0.6 is 0 Å².